The molecule has 0 fully saturated rings. The number of furan rings is 2. The van der Waals surface area contributed by atoms with Crippen LogP contribution in [-0.2, 0) is 0 Å². The molecule has 0 bridgehead atoms. The van der Waals surface area contributed by atoms with Crippen LogP contribution in [0.25, 0.3) is 33.3 Å². The van der Waals surface area contributed by atoms with Crippen LogP contribution < -0.4 is 0 Å². The molecule has 0 amide bonds. The van der Waals surface area contributed by atoms with Crippen LogP contribution in [0.1, 0.15) is 0 Å². The lowest BCUT2D eigenvalue weighted by Gasteiger charge is -1.99. The molecule has 0 aliphatic rings. The molecule has 2 aromatic heterocycles. The van der Waals surface area contributed by atoms with Gasteiger partial charge < -0.3 is 19.0 Å². The van der Waals surface area contributed by atoms with Crippen molar-refractivity contribution in [3.8, 4) is 22.8 Å². The molecule has 4 rings (SSSR count). The Morgan fingerprint density at radius 3 is 2.35 bits per heavy atom. The van der Waals surface area contributed by atoms with Crippen molar-refractivity contribution in [2.75, 3.05) is 0 Å². The highest BCUT2D eigenvalue weighted by Crippen LogP contribution is 2.34. The monoisotopic (exact) mass is 266 g/mol. The molecule has 2 heterocycles. The molecule has 20 heavy (non-hydrogen) atoms. The minimum absolute atomic E-state index is 0.00535. The number of benzene rings is 2. The third-order valence-electron chi connectivity index (χ3n) is 3.28. The van der Waals surface area contributed by atoms with Crippen LogP contribution in [0.3, 0.4) is 0 Å². The summed E-state index contributed by atoms with van der Waals surface area (Å²) in [4.78, 5) is 0. The molecular formula is C16H10O4. The second kappa shape index (κ2) is 3.81. The van der Waals surface area contributed by atoms with Crippen molar-refractivity contribution in [2.45, 2.75) is 0 Å². The average molecular weight is 266 g/mol. The fraction of sp³-hybridized carbons (Fsp3) is 0. The summed E-state index contributed by atoms with van der Waals surface area (Å²) in [6, 6.07) is 11.9. The van der Waals surface area contributed by atoms with Crippen LogP contribution in [0.4, 0.5) is 0 Å². The van der Waals surface area contributed by atoms with Crippen molar-refractivity contribution in [3.63, 3.8) is 0 Å². The van der Waals surface area contributed by atoms with Gasteiger partial charge in [0.15, 0.2) is 0 Å². The highest BCUT2D eigenvalue weighted by Gasteiger charge is 2.10. The summed E-state index contributed by atoms with van der Waals surface area (Å²) in [6.07, 6.45) is 1.64. The molecule has 98 valence electrons. The molecule has 2 aromatic carbocycles. The van der Waals surface area contributed by atoms with Gasteiger partial charge >= 0.3 is 0 Å². The van der Waals surface area contributed by atoms with Crippen LogP contribution >= 0.6 is 0 Å². The molecule has 0 atom stereocenters. The summed E-state index contributed by atoms with van der Waals surface area (Å²) < 4.78 is 11.1. The van der Waals surface area contributed by atoms with Crippen LogP contribution in [0.5, 0.6) is 11.5 Å². The number of phenols is 2. The molecular weight excluding hydrogens is 256 g/mol. The predicted molar refractivity (Wildman–Crippen MR) is 74.8 cm³/mol. The minimum atomic E-state index is -0.00535. The molecule has 4 nitrogen and oxygen atoms in total. The van der Waals surface area contributed by atoms with E-state index in [9.17, 15) is 10.2 Å². The fourth-order valence-electron chi connectivity index (χ4n) is 2.38. The van der Waals surface area contributed by atoms with E-state index < -0.39 is 0 Å². The van der Waals surface area contributed by atoms with Crippen LogP contribution in [0.2, 0.25) is 0 Å². The molecule has 2 N–H and O–H groups in total. The van der Waals surface area contributed by atoms with Gasteiger partial charge in [0.1, 0.15) is 28.4 Å². The number of aromatic hydroxyl groups is 2. The molecule has 0 aliphatic heterocycles. The number of rotatable bonds is 1. The van der Waals surface area contributed by atoms with Crippen molar-refractivity contribution in [1.29, 1.82) is 0 Å². The summed E-state index contributed by atoms with van der Waals surface area (Å²) in [6.45, 7) is 0. The first-order chi connectivity index (χ1) is 9.69. The predicted octanol–water partition coefficient (Wildman–Crippen LogP) is 4.26. The molecule has 0 spiro atoms. The van der Waals surface area contributed by atoms with Gasteiger partial charge in [-0.15, -0.1) is 0 Å². The number of hydrogen-bond donors (Lipinski definition) is 2. The van der Waals surface area contributed by atoms with Gasteiger partial charge in [0, 0.05) is 28.5 Å². The molecule has 0 unspecified atom stereocenters. The Kier molecular flexibility index (Phi) is 2.09. The standard InChI is InChI=1S/C16H10O4/c17-12-4-11(5-13(18)7-12)15-6-10-3-9-1-2-19-14(9)8-16(10)20-15/h1-8,17-18H. The maximum atomic E-state index is 9.53. The second-order valence-electron chi connectivity index (χ2n) is 4.70. The van der Waals surface area contributed by atoms with Crippen LogP contribution in [0, 0.1) is 0 Å². The van der Waals surface area contributed by atoms with E-state index in [4.69, 9.17) is 8.83 Å². The van der Waals surface area contributed by atoms with E-state index in [1.807, 2.05) is 24.3 Å². The van der Waals surface area contributed by atoms with E-state index in [2.05, 4.69) is 0 Å². The zero-order valence-corrected chi connectivity index (χ0v) is 10.3. The van der Waals surface area contributed by atoms with E-state index in [0.717, 1.165) is 16.4 Å². The lowest BCUT2D eigenvalue weighted by molar-refractivity contribution is 0.450. The first-order valence-electron chi connectivity index (χ1n) is 6.13. The summed E-state index contributed by atoms with van der Waals surface area (Å²) in [5.74, 6) is 0.572. The smallest absolute Gasteiger partial charge is 0.138 e. The summed E-state index contributed by atoms with van der Waals surface area (Å²) >= 11 is 0. The minimum Gasteiger partial charge on any atom is -0.508 e. The lowest BCUT2D eigenvalue weighted by atomic mass is 10.1. The van der Waals surface area contributed by atoms with Crippen molar-refractivity contribution < 1.29 is 19.0 Å². The van der Waals surface area contributed by atoms with Gasteiger partial charge in [0.2, 0.25) is 0 Å². The Bertz CT molecular complexity index is 862. The SMILES string of the molecule is Oc1cc(O)cc(-c2cc3cc4ccoc4cc3o2)c1. The maximum Gasteiger partial charge on any atom is 0.138 e. The Morgan fingerprint density at radius 2 is 1.55 bits per heavy atom. The Morgan fingerprint density at radius 1 is 0.750 bits per heavy atom. The van der Waals surface area contributed by atoms with Crippen molar-refractivity contribution in [2.24, 2.45) is 0 Å². The van der Waals surface area contributed by atoms with E-state index in [1.54, 1.807) is 18.4 Å². The van der Waals surface area contributed by atoms with E-state index in [1.165, 1.54) is 6.07 Å². The summed E-state index contributed by atoms with van der Waals surface area (Å²) in [7, 11) is 0. The molecule has 0 saturated carbocycles. The van der Waals surface area contributed by atoms with Gasteiger partial charge in [0.05, 0.1) is 6.26 Å². The van der Waals surface area contributed by atoms with Gasteiger partial charge in [0.25, 0.3) is 0 Å². The zero-order valence-electron chi connectivity index (χ0n) is 10.3. The van der Waals surface area contributed by atoms with E-state index in [-0.39, 0.29) is 11.5 Å². The number of hydrogen-bond acceptors (Lipinski definition) is 4. The molecule has 0 aliphatic carbocycles. The normalized spacial score (nSPS) is 11.4. The van der Waals surface area contributed by atoms with E-state index >= 15 is 0 Å². The van der Waals surface area contributed by atoms with Crippen LogP contribution in [0.15, 0.2) is 57.6 Å². The molecule has 4 aromatic rings. The highest BCUT2D eigenvalue weighted by atomic mass is 16.3. The Labute approximate surface area is 113 Å². The lowest BCUT2D eigenvalue weighted by Crippen LogP contribution is -1.74. The number of phenolic OH excluding ortho intramolecular Hbond substituents is 2. The van der Waals surface area contributed by atoms with Gasteiger partial charge in [-0.1, -0.05) is 0 Å². The van der Waals surface area contributed by atoms with E-state index in [0.29, 0.717) is 16.9 Å². The largest absolute Gasteiger partial charge is 0.508 e. The molecule has 0 radical (unpaired) electrons. The maximum absolute atomic E-state index is 9.53. The average Bonchev–Trinajstić information content (AvgIpc) is 2.99. The van der Waals surface area contributed by atoms with Gasteiger partial charge in [-0.05, 0) is 30.3 Å². The Balaban J connectivity index is 1.95. The van der Waals surface area contributed by atoms with Gasteiger partial charge in [-0.25, -0.2) is 0 Å². The van der Waals surface area contributed by atoms with Gasteiger partial charge in [-0.2, -0.15) is 0 Å². The molecule has 0 saturated heterocycles. The quantitative estimate of drug-likeness (QED) is 0.540. The Hall–Kier alpha value is -2.88. The third kappa shape index (κ3) is 1.62. The first kappa shape index (κ1) is 11.0. The second-order valence-corrected chi connectivity index (χ2v) is 4.70. The van der Waals surface area contributed by atoms with Crippen molar-refractivity contribution >= 4 is 21.9 Å². The highest BCUT2D eigenvalue weighted by molar-refractivity contribution is 5.95. The van der Waals surface area contributed by atoms with Crippen molar-refractivity contribution in [1.82, 2.24) is 0 Å². The zero-order chi connectivity index (χ0) is 13.7. The topological polar surface area (TPSA) is 66.7 Å². The summed E-state index contributed by atoms with van der Waals surface area (Å²) in [5, 5.41) is 21.0. The van der Waals surface area contributed by atoms with Gasteiger partial charge in [-0.3, -0.25) is 0 Å². The number of fused-ring (bicyclic) bond motifs is 2. The molecule has 4 heteroatoms. The van der Waals surface area contributed by atoms with Crippen molar-refractivity contribution in [3.05, 3.63) is 48.7 Å². The first-order valence-corrected chi connectivity index (χ1v) is 6.13. The fourth-order valence-corrected chi connectivity index (χ4v) is 2.38. The third-order valence-corrected chi connectivity index (χ3v) is 3.28. The van der Waals surface area contributed by atoms with Crippen LogP contribution in [-0.4, -0.2) is 10.2 Å². The summed E-state index contributed by atoms with van der Waals surface area (Å²) in [5.41, 5.74) is 2.08.